The van der Waals surface area contributed by atoms with Crippen LogP contribution >= 0.6 is 23.2 Å². The summed E-state index contributed by atoms with van der Waals surface area (Å²) in [5, 5.41) is 3.57. The number of nitrogens with two attached hydrogens (primary N) is 1. The van der Waals surface area contributed by atoms with Crippen molar-refractivity contribution in [3.05, 3.63) is 69.9 Å². The highest BCUT2D eigenvalue weighted by Gasteiger charge is 2.20. The van der Waals surface area contributed by atoms with Crippen LogP contribution in [0, 0.1) is 0 Å². The van der Waals surface area contributed by atoms with Crippen molar-refractivity contribution < 1.29 is 9.53 Å². The number of rotatable bonds is 6. The molecular formula is C24H26Cl2N6O2. The van der Waals surface area contributed by atoms with E-state index in [0.29, 0.717) is 23.1 Å². The summed E-state index contributed by atoms with van der Waals surface area (Å²) >= 11 is 12.1. The Kier molecular flexibility index (Phi) is 7.96. The Balaban J connectivity index is 1.92. The summed E-state index contributed by atoms with van der Waals surface area (Å²) in [6, 6.07) is 7.52. The number of amides is 1. The number of nitrogens with one attached hydrogen (secondary N) is 1. The number of aromatic nitrogens is 3. The molecule has 0 atom stereocenters. The number of nitrogen functional groups attached to an aromatic ring is 1. The van der Waals surface area contributed by atoms with Crippen LogP contribution in [-0.4, -0.2) is 38.6 Å². The molecule has 2 aromatic heterocycles. The number of hydrogen-bond acceptors (Lipinski definition) is 7. The summed E-state index contributed by atoms with van der Waals surface area (Å²) in [5.74, 6) is 0.384. The van der Waals surface area contributed by atoms with Gasteiger partial charge in [-0.3, -0.25) is 4.98 Å². The highest BCUT2D eigenvalue weighted by atomic mass is 35.5. The molecule has 0 saturated carbocycles. The first-order chi connectivity index (χ1) is 16.0. The fourth-order valence-electron chi connectivity index (χ4n) is 2.96. The highest BCUT2D eigenvalue weighted by Crippen LogP contribution is 2.27. The first kappa shape index (κ1) is 25.3. The van der Waals surface area contributed by atoms with Crippen LogP contribution in [0.5, 0.6) is 0 Å². The molecule has 3 N–H and O–H groups in total. The van der Waals surface area contributed by atoms with Gasteiger partial charge in [-0.05, 0) is 67.3 Å². The number of ether oxygens (including phenoxy) is 1. The molecule has 2 heterocycles. The molecule has 0 saturated heterocycles. The second-order valence-electron chi connectivity index (χ2n) is 8.60. The molecule has 1 amide bonds. The number of halogens is 2. The Hall–Kier alpha value is -3.36. The van der Waals surface area contributed by atoms with Gasteiger partial charge in [0, 0.05) is 31.7 Å². The lowest BCUT2D eigenvalue weighted by Gasteiger charge is -2.25. The van der Waals surface area contributed by atoms with E-state index < -0.39 is 11.7 Å². The molecule has 3 aromatic rings. The van der Waals surface area contributed by atoms with Crippen LogP contribution in [0.2, 0.25) is 10.3 Å². The predicted octanol–water partition coefficient (Wildman–Crippen LogP) is 6.04. The first-order valence-electron chi connectivity index (χ1n) is 10.4. The van der Waals surface area contributed by atoms with Crippen LogP contribution in [-0.2, 0) is 11.3 Å². The molecule has 0 aliphatic carbocycles. The van der Waals surface area contributed by atoms with E-state index in [-0.39, 0.29) is 5.28 Å². The summed E-state index contributed by atoms with van der Waals surface area (Å²) in [7, 11) is 1.69. The summed E-state index contributed by atoms with van der Waals surface area (Å²) in [6.45, 7) is 5.83. The van der Waals surface area contributed by atoms with Crippen LogP contribution in [0.15, 0.2) is 42.9 Å². The van der Waals surface area contributed by atoms with Gasteiger partial charge in [-0.1, -0.05) is 29.8 Å². The summed E-state index contributed by atoms with van der Waals surface area (Å²) in [6.07, 6.45) is 8.13. The normalized spacial score (nSPS) is 11.5. The maximum atomic E-state index is 12.5. The Morgan fingerprint density at radius 2 is 1.94 bits per heavy atom. The van der Waals surface area contributed by atoms with E-state index in [0.717, 1.165) is 22.4 Å². The van der Waals surface area contributed by atoms with Gasteiger partial charge in [-0.15, -0.1) is 0 Å². The SMILES string of the molecule is CN(Cc1ccc(Nc2nc(Cl)ncc2Cl)cc1C=Cc1cncc(N)c1)C(=O)OC(C)(C)C. The molecule has 0 radical (unpaired) electrons. The van der Waals surface area contributed by atoms with Crippen molar-refractivity contribution in [2.75, 3.05) is 18.1 Å². The maximum absolute atomic E-state index is 12.5. The second kappa shape index (κ2) is 10.7. The number of pyridine rings is 1. The lowest BCUT2D eigenvalue weighted by atomic mass is 10.0. The van der Waals surface area contributed by atoms with Crippen LogP contribution in [0.25, 0.3) is 12.2 Å². The fraction of sp³-hybridized carbons (Fsp3) is 0.250. The zero-order valence-corrected chi connectivity index (χ0v) is 20.9. The van der Waals surface area contributed by atoms with E-state index in [1.165, 1.54) is 11.1 Å². The van der Waals surface area contributed by atoms with Crippen LogP contribution in [0.1, 0.15) is 37.5 Å². The van der Waals surface area contributed by atoms with Crippen molar-refractivity contribution in [2.24, 2.45) is 0 Å². The maximum Gasteiger partial charge on any atom is 0.410 e. The van der Waals surface area contributed by atoms with E-state index in [1.807, 2.05) is 57.2 Å². The van der Waals surface area contributed by atoms with Crippen molar-refractivity contribution in [2.45, 2.75) is 32.9 Å². The van der Waals surface area contributed by atoms with Crippen molar-refractivity contribution in [3.8, 4) is 0 Å². The zero-order chi connectivity index (χ0) is 24.9. The van der Waals surface area contributed by atoms with Gasteiger partial charge in [0.1, 0.15) is 10.6 Å². The van der Waals surface area contributed by atoms with Gasteiger partial charge in [0.25, 0.3) is 0 Å². The summed E-state index contributed by atoms with van der Waals surface area (Å²) < 4.78 is 5.47. The van der Waals surface area contributed by atoms with E-state index in [2.05, 4.69) is 20.3 Å². The Morgan fingerprint density at radius 1 is 1.18 bits per heavy atom. The molecule has 0 aliphatic rings. The van der Waals surface area contributed by atoms with Crippen molar-refractivity contribution in [1.82, 2.24) is 19.9 Å². The zero-order valence-electron chi connectivity index (χ0n) is 19.3. The van der Waals surface area contributed by atoms with Crippen molar-refractivity contribution in [1.29, 1.82) is 0 Å². The molecule has 0 aliphatic heterocycles. The fourth-order valence-corrected chi connectivity index (χ4v) is 3.23. The Bertz CT molecular complexity index is 1210. The molecule has 178 valence electrons. The minimum atomic E-state index is -0.583. The van der Waals surface area contributed by atoms with E-state index >= 15 is 0 Å². The van der Waals surface area contributed by atoms with E-state index in [1.54, 1.807) is 19.4 Å². The second-order valence-corrected chi connectivity index (χ2v) is 9.34. The van der Waals surface area contributed by atoms with E-state index in [9.17, 15) is 4.79 Å². The molecule has 0 bridgehead atoms. The number of carbonyl (C=O) groups is 1. The third-order valence-corrected chi connectivity index (χ3v) is 4.93. The monoisotopic (exact) mass is 500 g/mol. The largest absolute Gasteiger partial charge is 0.444 e. The molecule has 10 heteroatoms. The van der Waals surface area contributed by atoms with Gasteiger partial charge < -0.3 is 20.7 Å². The number of carbonyl (C=O) groups excluding carboxylic acids is 1. The molecule has 34 heavy (non-hydrogen) atoms. The molecular weight excluding hydrogens is 475 g/mol. The van der Waals surface area contributed by atoms with Crippen molar-refractivity contribution in [3.63, 3.8) is 0 Å². The number of nitrogens with zero attached hydrogens (tertiary/aromatic N) is 4. The first-order valence-corrected chi connectivity index (χ1v) is 11.2. The number of hydrogen-bond donors (Lipinski definition) is 2. The van der Waals surface area contributed by atoms with Crippen LogP contribution in [0.3, 0.4) is 0 Å². The minimum absolute atomic E-state index is 0.0804. The number of benzene rings is 1. The highest BCUT2D eigenvalue weighted by molar-refractivity contribution is 6.33. The molecule has 0 unspecified atom stereocenters. The third-order valence-electron chi connectivity index (χ3n) is 4.47. The summed E-state index contributed by atoms with van der Waals surface area (Å²) in [4.78, 5) is 26.1. The molecule has 8 nitrogen and oxygen atoms in total. The average molecular weight is 501 g/mol. The molecule has 0 fully saturated rings. The average Bonchev–Trinajstić information content (AvgIpc) is 2.75. The molecule has 1 aromatic carbocycles. The van der Waals surface area contributed by atoms with Gasteiger partial charge in [0.15, 0.2) is 5.82 Å². The minimum Gasteiger partial charge on any atom is -0.444 e. The van der Waals surface area contributed by atoms with Gasteiger partial charge >= 0.3 is 6.09 Å². The van der Waals surface area contributed by atoms with Gasteiger partial charge in [0.05, 0.1) is 11.9 Å². The smallest absolute Gasteiger partial charge is 0.410 e. The molecule has 0 spiro atoms. The van der Waals surface area contributed by atoms with E-state index in [4.69, 9.17) is 33.7 Å². The lowest BCUT2D eigenvalue weighted by molar-refractivity contribution is 0.0285. The third kappa shape index (κ3) is 7.33. The van der Waals surface area contributed by atoms with Crippen LogP contribution in [0.4, 0.5) is 22.0 Å². The van der Waals surface area contributed by atoms with Gasteiger partial charge in [-0.25, -0.2) is 9.78 Å². The Morgan fingerprint density at radius 3 is 2.65 bits per heavy atom. The van der Waals surface area contributed by atoms with Crippen molar-refractivity contribution >= 4 is 58.6 Å². The Labute approximate surface area is 208 Å². The standard InChI is InChI=1S/C24H26Cl2N6O2/c1-24(2,3)34-23(33)32(4)14-17-7-8-19(30-21-20(25)13-29-22(26)31-21)10-16(17)6-5-15-9-18(27)12-28-11-15/h5-13H,14,27H2,1-4H3,(H,29,30,31). The van der Waals surface area contributed by atoms with Gasteiger partial charge in [0.2, 0.25) is 5.28 Å². The summed E-state index contributed by atoms with van der Waals surface area (Å²) in [5.41, 5.74) is 9.16. The topological polar surface area (TPSA) is 106 Å². The predicted molar refractivity (Wildman–Crippen MR) is 137 cm³/mol. The lowest BCUT2D eigenvalue weighted by Crippen LogP contribution is -2.33. The number of anilines is 3. The molecule has 3 rings (SSSR count). The van der Waals surface area contributed by atoms with Crippen LogP contribution < -0.4 is 11.1 Å². The quantitative estimate of drug-likeness (QED) is 0.397. The van der Waals surface area contributed by atoms with Gasteiger partial charge in [-0.2, -0.15) is 4.98 Å².